The maximum atomic E-state index is 12.5. The van der Waals surface area contributed by atoms with E-state index >= 15 is 0 Å². The number of Topliss-reactive ketones (excluding diaryl/α,β-unsaturated/α-hetero) is 1. The summed E-state index contributed by atoms with van der Waals surface area (Å²) in [6.45, 7) is 2.50. The lowest BCUT2D eigenvalue weighted by atomic mass is 10.1. The van der Waals surface area contributed by atoms with Crippen LogP contribution in [-0.2, 0) is 0 Å². The van der Waals surface area contributed by atoms with E-state index in [0.29, 0.717) is 28.4 Å². The summed E-state index contributed by atoms with van der Waals surface area (Å²) < 4.78 is 5.39. The molecule has 3 aromatic rings. The number of carbonyl (C=O) groups excluding carboxylic acids is 2. The van der Waals surface area contributed by atoms with Gasteiger partial charge in [-0.15, -0.1) is 11.8 Å². The lowest BCUT2D eigenvalue weighted by Crippen LogP contribution is -2.12. The maximum Gasteiger partial charge on any atom is 0.257 e. The molecule has 0 fully saturated rings. The topological polar surface area (TPSA) is 55.4 Å². The third kappa shape index (κ3) is 6.02. The van der Waals surface area contributed by atoms with Crippen LogP contribution in [0.5, 0.6) is 5.75 Å². The molecule has 0 aliphatic rings. The molecule has 3 rings (SSSR count). The molecular weight excluding hydrogens is 441 g/mol. The van der Waals surface area contributed by atoms with Gasteiger partial charge in [-0.3, -0.25) is 9.59 Å². The van der Waals surface area contributed by atoms with Gasteiger partial charge in [0.15, 0.2) is 5.78 Å². The number of ether oxygens (including phenoxy) is 1. The van der Waals surface area contributed by atoms with Gasteiger partial charge in [-0.2, -0.15) is 0 Å². The van der Waals surface area contributed by atoms with E-state index in [9.17, 15) is 9.59 Å². The van der Waals surface area contributed by atoms with Crippen LogP contribution in [0.15, 0.2) is 71.6 Å². The summed E-state index contributed by atoms with van der Waals surface area (Å²) in [5.74, 6) is 0.717. The Morgan fingerprint density at radius 1 is 1.00 bits per heavy atom. The first-order chi connectivity index (χ1) is 14.5. The van der Waals surface area contributed by atoms with E-state index in [0.717, 1.165) is 10.6 Å². The molecule has 3 aromatic carbocycles. The molecule has 30 heavy (non-hydrogen) atoms. The van der Waals surface area contributed by atoms with Gasteiger partial charge in [0.05, 0.1) is 22.9 Å². The SMILES string of the molecule is CCOc1ccc(C(=O)CSc2cccc(NC(=O)c3ccc(Cl)cc3Cl)c2)cc1. The van der Waals surface area contributed by atoms with Gasteiger partial charge in [0.25, 0.3) is 5.91 Å². The molecule has 4 nitrogen and oxygen atoms in total. The molecule has 0 unspecified atom stereocenters. The van der Waals surface area contributed by atoms with Crippen molar-refractivity contribution in [3.05, 3.63) is 87.9 Å². The molecule has 0 aromatic heterocycles. The number of anilines is 1. The van der Waals surface area contributed by atoms with E-state index < -0.39 is 0 Å². The Balaban J connectivity index is 1.61. The number of benzene rings is 3. The Kier molecular flexibility index (Phi) is 7.80. The van der Waals surface area contributed by atoms with Gasteiger partial charge < -0.3 is 10.1 Å². The number of ketones is 1. The molecule has 0 aliphatic carbocycles. The van der Waals surface area contributed by atoms with Gasteiger partial charge in [-0.05, 0) is 67.6 Å². The quantitative estimate of drug-likeness (QED) is 0.303. The number of nitrogens with one attached hydrogen (secondary N) is 1. The predicted octanol–water partition coefficient (Wildman–Crippen LogP) is 6.62. The van der Waals surface area contributed by atoms with Crippen molar-refractivity contribution in [1.82, 2.24) is 0 Å². The minimum absolute atomic E-state index is 0.0189. The molecule has 0 saturated carbocycles. The second-order valence-corrected chi connectivity index (χ2v) is 8.17. The summed E-state index contributed by atoms with van der Waals surface area (Å²) in [7, 11) is 0. The van der Waals surface area contributed by atoms with Crippen molar-refractivity contribution in [3.8, 4) is 5.75 Å². The van der Waals surface area contributed by atoms with Crippen LogP contribution in [0.4, 0.5) is 5.69 Å². The number of hydrogen-bond acceptors (Lipinski definition) is 4. The average molecular weight is 460 g/mol. The lowest BCUT2D eigenvalue weighted by Gasteiger charge is -2.09. The van der Waals surface area contributed by atoms with Crippen LogP contribution < -0.4 is 10.1 Å². The van der Waals surface area contributed by atoms with E-state index in [1.165, 1.54) is 17.8 Å². The zero-order chi connectivity index (χ0) is 21.5. The van der Waals surface area contributed by atoms with Gasteiger partial charge in [0, 0.05) is 21.2 Å². The molecule has 0 aliphatic heterocycles. The van der Waals surface area contributed by atoms with Crippen molar-refractivity contribution in [2.45, 2.75) is 11.8 Å². The molecule has 0 spiro atoms. The van der Waals surface area contributed by atoms with Crippen molar-refractivity contribution in [2.75, 3.05) is 17.7 Å². The van der Waals surface area contributed by atoms with Crippen LogP contribution in [0.25, 0.3) is 0 Å². The summed E-state index contributed by atoms with van der Waals surface area (Å²) in [4.78, 5) is 25.8. The van der Waals surface area contributed by atoms with E-state index in [2.05, 4.69) is 5.32 Å². The first kappa shape index (κ1) is 22.2. The molecule has 0 heterocycles. The monoisotopic (exact) mass is 459 g/mol. The minimum Gasteiger partial charge on any atom is -0.494 e. The Morgan fingerprint density at radius 3 is 2.47 bits per heavy atom. The van der Waals surface area contributed by atoms with Crippen molar-refractivity contribution >= 4 is 52.3 Å². The van der Waals surface area contributed by atoms with Crippen LogP contribution in [0.1, 0.15) is 27.6 Å². The van der Waals surface area contributed by atoms with Crippen molar-refractivity contribution in [1.29, 1.82) is 0 Å². The summed E-state index contributed by atoms with van der Waals surface area (Å²) in [6.07, 6.45) is 0. The average Bonchev–Trinajstić information content (AvgIpc) is 2.73. The Labute approximate surface area is 189 Å². The number of rotatable bonds is 8. The fourth-order valence-electron chi connectivity index (χ4n) is 2.67. The second-order valence-electron chi connectivity index (χ2n) is 6.28. The minimum atomic E-state index is -0.329. The number of thioether (sulfide) groups is 1. The maximum absolute atomic E-state index is 12.5. The van der Waals surface area contributed by atoms with Gasteiger partial charge in [-0.25, -0.2) is 0 Å². The van der Waals surface area contributed by atoms with Crippen LogP contribution in [0, 0.1) is 0 Å². The van der Waals surface area contributed by atoms with E-state index in [-0.39, 0.29) is 22.5 Å². The molecule has 154 valence electrons. The fraction of sp³-hybridized carbons (Fsp3) is 0.130. The number of amides is 1. The van der Waals surface area contributed by atoms with Crippen molar-refractivity contribution in [3.63, 3.8) is 0 Å². The molecule has 0 radical (unpaired) electrons. The van der Waals surface area contributed by atoms with E-state index in [1.54, 1.807) is 42.5 Å². The van der Waals surface area contributed by atoms with Gasteiger partial charge >= 0.3 is 0 Å². The Morgan fingerprint density at radius 2 is 1.77 bits per heavy atom. The van der Waals surface area contributed by atoms with Gasteiger partial charge in [0.1, 0.15) is 5.75 Å². The number of carbonyl (C=O) groups is 2. The zero-order valence-electron chi connectivity index (χ0n) is 16.2. The smallest absolute Gasteiger partial charge is 0.257 e. The van der Waals surface area contributed by atoms with Crippen LogP contribution >= 0.6 is 35.0 Å². The highest BCUT2D eigenvalue weighted by Gasteiger charge is 2.12. The van der Waals surface area contributed by atoms with E-state index in [1.807, 2.05) is 25.1 Å². The summed E-state index contributed by atoms with van der Waals surface area (Å²) >= 11 is 13.4. The van der Waals surface area contributed by atoms with Gasteiger partial charge in [-0.1, -0.05) is 29.3 Å². The summed E-state index contributed by atoms with van der Waals surface area (Å²) in [6, 6.07) is 19.1. The standard InChI is InChI=1S/C23H19Cl2NO3S/c1-2-29-18-9-6-15(7-10-18)22(27)14-30-19-5-3-4-17(13-19)26-23(28)20-11-8-16(24)12-21(20)25/h3-13H,2,14H2,1H3,(H,26,28). The zero-order valence-corrected chi connectivity index (χ0v) is 18.5. The highest BCUT2D eigenvalue weighted by molar-refractivity contribution is 8.00. The predicted molar refractivity (Wildman–Crippen MR) is 124 cm³/mol. The first-order valence-electron chi connectivity index (χ1n) is 9.21. The third-order valence-electron chi connectivity index (χ3n) is 4.12. The largest absolute Gasteiger partial charge is 0.494 e. The number of halogens is 2. The molecule has 1 amide bonds. The molecule has 0 atom stereocenters. The fourth-order valence-corrected chi connectivity index (χ4v) is 4.02. The molecule has 1 N–H and O–H groups in total. The molecular formula is C23H19Cl2NO3S. The van der Waals surface area contributed by atoms with Gasteiger partial charge in [0.2, 0.25) is 0 Å². The normalized spacial score (nSPS) is 10.5. The molecule has 0 saturated heterocycles. The van der Waals surface area contributed by atoms with Crippen molar-refractivity contribution in [2.24, 2.45) is 0 Å². The summed E-state index contributed by atoms with van der Waals surface area (Å²) in [5.41, 5.74) is 1.59. The van der Waals surface area contributed by atoms with Crippen LogP contribution in [0.3, 0.4) is 0 Å². The molecule has 7 heteroatoms. The van der Waals surface area contributed by atoms with Crippen LogP contribution in [0.2, 0.25) is 10.0 Å². The Hall–Kier alpha value is -2.47. The third-order valence-corrected chi connectivity index (χ3v) is 5.67. The van der Waals surface area contributed by atoms with Crippen LogP contribution in [-0.4, -0.2) is 24.1 Å². The van der Waals surface area contributed by atoms with Crippen molar-refractivity contribution < 1.29 is 14.3 Å². The second kappa shape index (κ2) is 10.5. The van der Waals surface area contributed by atoms with E-state index in [4.69, 9.17) is 27.9 Å². The first-order valence-corrected chi connectivity index (χ1v) is 11.0. The Bertz CT molecular complexity index is 1050. The lowest BCUT2D eigenvalue weighted by molar-refractivity contribution is 0.101. The highest BCUT2D eigenvalue weighted by atomic mass is 35.5. The highest BCUT2D eigenvalue weighted by Crippen LogP contribution is 2.25. The molecule has 0 bridgehead atoms. The summed E-state index contributed by atoms with van der Waals surface area (Å²) in [5, 5.41) is 3.57. The number of hydrogen-bond donors (Lipinski definition) is 1.